The minimum absolute atomic E-state index is 0.0595. The van der Waals surface area contributed by atoms with Crippen molar-refractivity contribution >= 4 is 15.7 Å². The quantitative estimate of drug-likeness (QED) is 0.804. The van der Waals surface area contributed by atoms with E-state index in [4.69, 9.17) is 4.98 Å². The Morgan fingerprint density at radius 3 is 2.43 bits per heavy atom. The van der Waals surface area contributed by atoms with Gasteiger partial charge in [0.2, 0.25) is 0 Å². The molecule has 0 saturated carbocycles. The number of rotatable bonds is 2. The highest BCUT2D eigenvalue weighted by atomic mass is 32.2. The van der Waals surface area contributed by atoms with Crippen LogP contribution >= 0.6 is 0 Å². The van der Waals surface area contributed by atoms with Crippen molar-refractivity contribution in [1.82, 2.24) is 14.9 Å². The predicted molar refractivity (Wildman–Crippen MR) is 91.6 cm³/mol. The highest BCUT2D eigenvalue weighted by Gasteiger charge is 2.33. The molecule has 2 aliphatic rings. The number of hydrogen-bond acceptors (Lipinski definition) is 6. The SMILES string of the molecule is CC(C)(C)c1nccc(N2CCN([C@@H]3CCS(=O)(=O)C3)CC2)n1. The van der Waals surface area contributed by atoms with Crippen LogP contribution in [-0.2, 0) is 15.3 Å². The summed E-state index contributed by atoms with van der Waals surface area (Å²) in [5.41, 5.74) is -0.0595. The van der Waals surface area contributed by atoms with Gasteiger partial charge in [0, 0.05) is 43.8 Å². The number of piperazine rings is 1. The van der Waals surface area contributed by atoms with Gasteiger partial charge in [-0.1, -0.05) is 20.8 Å². The summed E-state index contributed by atoms with van der Waals surface area (Å²) in [7, 11) is -2.81. The summed E-state index contributed by atoms with van der Waals surface area (Å²) >= 11 is 0. The summed E-state index contributed by atoms with van der Waals surface area (Å²) in [5.74, 6) is 2.51. The molecule has 0 aliphatic carbocycles. The molecule has 1 aromatic rings. The molecule has 0 spiro atoms. The third kappa shape index (κ3) is 3.83. The van der Waals surface area contributed by atoms with Crippen molar-refractivity contribution in [2.45, 2.75) is 38.6 Å². The van der Waals surface area contributed by atoms with Crippen molar-refractivity contribution in [3.63, 3.8) is 0 Å². The van der Waals surface area contributed by atoms with E-state index in [1.54, 1.807) is 0 Å². The molecule has 128 valence electrons. The smallest absolute Gasteiger partial charge is 0.151 e. The molecule has 0 bridgehead atoms. The van der Waals surface area contributed by atoms with Crippen LogP contribution in [0.25, 0.3) is 0 Å². The third-order valence-corrected chi connectivity index (χ3v) is 6.43. The molecule has 23 heavy (non-hydrogen) atoms. The van der Waals surface area contributed by atoms with Gasteiger partial charge in [-0.25, -0.2) is 18.4 Å². The lowest BCUT2D eigenvalue weighted by Crippen LogP contribution is -2.51. The van der Waals surface area contributed by atoms with Crippen LogP contribution in [0.4, 0.5) is 5.82 Å². The molecular weight excluding hydrogens is 312 g/mol. The molecule has 0 radical (unpaired) electrons. The van der Waals surface area contributed by atoms with Crippen LogP contribution in [0.15, 0.2) is 12.3 Å². The zero-order chi connectivity index (χ0) is 16.7. The maximum absolute atomic E-state index is 11.6. The molecule has 1 aromatic heterocycles. The Labute approximate surface area is 138 Å². The van der Waals surface area contributed by atoms with Crippen LogP contribution in [0.1, 0.15) is 33.0 Å². The van der Waals surface area contributed by atoms with Crippen LogP contribution in [0.2, 0.25) is 0 Å². The number of nitrogens with zero attached hydrogens (tertiary/aromatic N) is 4. The molecule has 2 aliphatic heterocycles. The van der Waals surface area contributed by atoms with Crippen LogP contribution in [0.5, 0.6) is 0 Å². The van der Waals surface area contributed by atoms with Gasteiger partial charge in [0.1, 0.15) is 11.6 Å². The average Bonchev–Trinajstić information content (AvgIpc) is 2.87. The second-order valence-electron chi connectivity index (χ2n) is 7.57. The van der Waals surface area contributed by atoms with Gasteiger partial charge in [0.15, 0.2) is 9.84 Å². The number of sulfone groups is 1. The highest BCUT2D eigenvalue weighted by molar-refractivity contribution is 7.91. The maximum atomic E-state index is 11.6. The first-order valence-electron chi connectivity index (χ1n) is 8.27. The van der Waals surface area contributed by atoms with Gasteiger partial charge >= 0.3 is 0 Å². The molecule has 2 saturated heterocycles. The van der Waals surface area contributed by atoms with Crippen molar-refractivity contribution < 1.29 is 8.42 Å². The van der Waals surface area contributed by atoms with Gasteiger partial charge in [0.25, 0.3) is 0 Å². The molecule has 0 aromatic carbocycles. The first kappa shape index (κ1) is 16.6. The second-order valence-corrected chi connectivity index (χ2v) is 9.80. The van der Waals surface area contributed by atoms with Crippen LogP contribution in [0, 0.1) is 0 Å². The Morgan fingerprint density at radius 1 is 1.17 bits per heavy atom. The molecule has 2 fully saturated rings. The van der Waals surface area contributed by atoms with E-state index in [1.165, 1.54) is 0 Å². The van der Waals surface area contributed by atoms with E-state index in [1.807, 2.05) is 12.3 Å². The number of anilines is 1. The van der Waals surface area contributed by atoms with Gasteiger partial charge in [-0.05, 0) is 12.5 Å². The Kier molecular flexibility index (Phi) is 4.35. The first-order chi connectivity index (χ1) is 10.7. The molecular formula is C16H26N4O2S. The molecule has 1 atom stereocenters. The van der Waals surface area contributed by atoms with Crippen molar-refractivity contribution in [3.8, 4) is 0 Å². The van der Waals surface area contributed by atoms with Crippen molar-refractivity contribution in [2.75, 3.05) is 42.6 Å². The van der Waals surface area contributed by atoms with E-state index in [2.05, 4.69) is 35.6 Å². The standard InChI is InChI=1S/C16H26N4O2S/c1-16(2,3)15-17-6-4-14(18-15)20-9-7-19(8-10-20)13-5-11-23(21,22)12-13/h4,6,13H,5,7-12H2,1-3H3/t13-/m1/s1. The van der Waals surface area contributed by atoms with E-state index >= 15 is 0 Å². The minimum Gasteiger partial charge on any atom is -0.354 e. The lowest BCUT2D eigenvalue weighted by atomic mass is 9.96. The van der Waals surface area contributed by atoms with Crippen molar-refractivity contribution in [1.29, 1.82) is 0 Å². The molecule has 0 N–H and O–H groups in total. The normalized spacial score (nSPS) is 25.7. The molecule has 3 rings (SSSR count). The molecule has 0 amide bonds. The van der Waals surface area contributed by atoms with E-state index in [0.29, 0.717) is 11.5 Å². The van der Waals surface area contributed by atoms with Gasteiger partial charge in [0.05, 0.1) is 11.5 Å². The first-order valence-corrected chi connectivity index (χ1v) is 10.1. The summed E-state index contributed by atoms with van der Waals surface area (Å²) < 4.78 is 23.3. The number of hydrogen-bond donors (Lipinski definition) is 0. The lowest BCUT2D eigenvalue weighted by Gasteiger charge is -2.38. The molecule has 3 heterocycles. The Hall–Kier alpha value is -1.21. The fourth-order valence-electron chi connectivity index (χ4n) is 3.27. The van der Waals surface area contributed by atoms with Crippen molar-refractivity contribution in [2.24, 2.45) is 0 Å². The zero-order valence-electron chi connectivity index (χ0n) is 14.2. The second kappa shape index (κ2) is 6.02. The van der Waals surface area contributed by atoms with Gasteiger partial charge < -0.3 is 4.90 Å². The fourth-order valence-corrected chi connectivity index (χ4v) is 5.03. The minimum atomic E-state index is -2.81. The van der Waals surface area contributed by atoms with Crippen LogP contribution in [-0.4, -0.2) is 67.0 Å². The van der Waals surface area contributed by atoms with E-state index in [0.717, 1.165) is 44.2 Å². The largest absolute Gasteiger partial charge is 0.354 e. The van der Waals surface area contributed by atoms with Gasteiger partial charge in [-0.3, -0.25) is 4.90 Å². The monoisotopic (exact) mass is 338 g/mol. The fraction of sp³-hybridized carbons (Fsp3) is 0.750. The maximum Gasteiger partial charge on any atom is 0.151 e. The van der Waals surface area contributed by atoms with Gasteiger partial charge in [-0.15, -0.1) is 0 Å². The Balaban J connectivity index is 1.63. The van der Waals surface area contributed by atoms with Crippen molar-refractivity contribution in [3.05, 3.63) is 18.1 Å². The summed E-state index contributed by atoms with van der Waals surface area (Å²) in [6.07, 6.45) is 2.61. The van der Waals surface area contributed by atoms with Crippen LogP contribution < -0.4 is 4.90 Å². The average molecular weight is 338 g/mol. The van der Waals surface area contributed by atoms with E-state index in [-0.39, 0.29) is 11.5 Å². The summed E-state index contributed by atoms with van der Waals surface area (Å²) in [6.45, 7) is 9.91. The zero-order valence-corrected chi connectivity index (χ0v) is 15.0. The third-order valence-electron chi connectivity index (χ3n) is 4.67. The molecule has 7 heteroatoms. The number of aromatic nitrogens is 2. The lowest BCUT2D eigenvalue weighted by molar-refractivity contribution is 0.200. The van der Waals surface area contributed by atoms with Crippen LogP contribution in [0.3, 0.4) is 0 Å². The topological polar surface area (TPSA) is 66.4 Å². The molecule has 0 unspecified atom stereocenters. The summed E-state index contributed by atoms with van der Waals surface area (Å²) in [5, 5.41) is 0. The Morgan fingerprint density at radius 2 is 1.87 bits per heavy atom. The molecule has 6 nitrogen and oxygen atoms in total. The van der Waals surface area contributed by atoms with E-state index < -0.39 is 9.84 Å². The summed E-state index contributed by atoms with van der Waals surface area (Å²) in [4.78, 5) is 13.7. The summed E-state index contributed by atoms with van der Waals surface area (Å²) in [6, 6.07) is 2.17. The van der Waals surface area contributed by atoms with Gasteiger partial charge in [-0.2, -0.15) is 0 Å². The van der Waals surface area contributed by atoms with E-state index in [9.17, 15) is 8.42 Å². The highest BCUT2D eigenvalue weighted by Crippen LogP contribution is 2.23. The predicted octanol–water partition coefficient (Wildman–Crippen LogP) is 1.08. The Bertz CT molecular complexity index is 661.